The molecule has 1 aliphatic rings. The second kappa shape index (κ2) is 4.75. The van der Waals surface area contributed by atoms with E-state index in [-0.39, 0.29) is 17.3 Å². The highest BCUT2D eigenvalue weighted by atomic mass is 19.1. The molecular formula is C12H14FN3O3. The van der Waals surface area contributed by atoms with E-state index in [0.717, 1.165) is 12.1 Å². The van der Waals surface area contributed by atoms with E-state index in [1.54, 1.807) is 11.9 Å². The van der Waals surface area contributed by atoms with Gasteiger partial charge in [-0.3, -0.25) is 4.79 Å². The van der Waals surface area contributed by atoms with E-state index in [4.69, 9.17) is 10.8 Å². The first-order valence-electron chi connectivity index (χ1n) is 5.74. The van der Waals surface area contributed by atoms with E-state index in [1.165, 1.54) is 0 Å². The average molecular weight is 267 g/mol. The number of carbonyl (C=O) groups is 2. The van der Waals surface area contributed by atoms with E-state index in [0.29, 0.717) is 13.0 Å². The largest absolute Gasteiger partial charge is 0.478 e. The number of aromatic carboxylic acids is 1. The molecule has 1 fully saturated rings. The maximum atomic E-state index is 13.6. The van der Waals surface area contributed by atoms with Crippen LogP contribution in [0.4, 0.5) is 15.8 Å². The van der Waals surface area contributed by atoms with Gasteiger partial charge in [0.25, 0.3) is 0 Å². The van der Waals surface area contributed by atoms with Gasteiger partial charge in [0.1, 0.15) is 11.9 Å². The van der Waals surface area contributed by atoms with Gasteiger partial charge >= 0.3 is 5.97 Å². The molecule has 1 amide bonds. The summed E-state index contributed by atoms with van der Waals surface area (Å²) in [7, 11) is 1.68. The molecule has 0 aliphatic carbocycles. The molecule has 0 spiro atoms. The summed E-state index contributed by atoms with van der Waals surface area (Å²) in [4.78, 5) is 24.0. The zero-order valence-corrected chi connectivity index (χ0v) is 10.3. The summed E-state index contributed by atoms with van der Waals surface area (Å²) in [6.07, 6.45) is 0.594. The molecule has 2 rings (SSSR count). The summed E-state index contributed by atoms with van der Waals surface area (Å²) in [5.41, 5.74) is 5.51. The van der Waals surface area contributed by atoms with Crippen molar-refractivity contribution in [3.63, 3.8) is 0 Å². The Labute approximate surface area is 109 Å². The third-order valence-electron chi connectivity index (χ3n) is 3.13. The molecule has 19 heavy (non-hydrogen) atoms. The molecule has 1 unspecified atom stereocenters. The van der Waals surface area contributed by atoms with Crippen LogP contribution in [0.25, 0.3) is 0 Å². The first-order chi connectivity index (χ1) is 8.90. The van der Waals surface area contributed by atoms with Gasteiger partial charge in [0.15, 0.2) is 0 Å². The molecule has 7 heteroatoms. The molecule has 102 valence electrons. The van der Waals surface area contributed by atoms with Gasteiger partial charge in [-0.1, -0.05) is 0 Å². The normalized spacial score (nSPS) is 18.7. The van der Waals surface area contributed by atoms with Crippen molar-refractivity contribution in [3.05, 3.63) is 23.5 Å². The number of nitrogens with two attached hydrogens (primary N) is 1. The van der Waals surface area contributed by atoms with E-state index in [2.05, 4.69) is 5.32 Å². The molecule has 0 radical (unpaired) electrons. The Kier molecular flexibility index (Phi) is 3.28. The maximum absolute atomic E-state index is 13.6. The van der Waals surface area contributed by atoms with Crippen molar-refractivity contribution in [2.75, 3.05) is 24.6 Å². The fourth-order valence-corrected chi connectivity index (χ4v) is 2.02. The lowest BCUT2D eigenvalue weighted by atomic mass is 10.1. The van der Waals surface area contributed by atoms with Crippen LogP contribution in [-0.2, 0) is 4.79 Å². The summed E-state index contributed by atoms with van der Waals surface area (Å²) < 4.78 is 13.6. The van der Waals surface area contributed by atoms with Gasteiger partial charge < -0.3 is 21.1 Å². The fourth-order valence-electron chi connectivity index (χ4n) is 2.02. The number of carboxylic acid groups (broad SMARTS) is 1. The number of hydrogen-bond donors (Lipinski definition) is 3. The number of hydrogen-bond acceptors (Lipinski definition) is 4. The average Bonchev–Trinajstić information content (AvgIpc) is 2.65. The predicted octanol–water partition coefficient (Wildman–Crippen LogP) is 0.749. The number of likely N-dealkylation sites (tertiary alicyclic amines) is 1. The van der Waals surface area contributed by atoms with Gasteiger partial charge in [-0.25, -0.2) is 9.18 Å². The van der Waals surface area contributed by atoms with Crippen molar-refractivity contribution in [2.45, 2.75) is 12.5 Å². The molecule has 0 bridgehead atoms. The highest BCUT2D eigenvalue weighted by molar-refractivity contribution is 5.92. The maximum Gasteiger partial charge on any atom is 0.338 e. The SMILES string of the molecule is CN1CCC(Nc2cc(F)c(C(=O)O)cc2N)C1=O. The van der Waals surface area contributed by atoms with Gasteiger partial charge in [-0.2, -0.15) is 0 Å². The Morgan fingerprint density at radius 1 is 1.58 bits per heavy atom. The molecular weight excluding hydrogens is 253 g/mol. The lowest BCUT2D eigenvalue weighted by Crippen LogP contribution is -2.31. The summed E-state index contributed by atoms with van der Waals surface area (Å²) in [5.74, 6) is -2.36. The summed E-state index contributed by atoms with van der Waals surface area (Å²) in [5, 5.41) is 11.6. The number of nitrogen functional groups attached to an aromatic ring is 1. The highest BCUT2D eigenvalue weighted by Crippen LogP contribution is 2.25. The first-order valence-corrected chi connectivity index (χ1v) is 5.74. The number of carboxylic acids is 1. The van der Waals surface area contributed by atoms with Crippen molar-refractivity contribution in [2.24, 2.45) is 0 Å². The number of carbonyl (C=O) groups excluding carboxylic acids is 1. The van der Waals surface area contributed by atoms with Gasteiger partial charge in [0.2, 0.25) is 5.91 Å². The van der Waals surface area contributed by atoms with Crippen LogP contribution in [0.1, 0.15) is 16.8 Å². The van der Waals surface area contributed by atoms with Crippen molar-refractivity contribution in [1.82, 2.24) is 4.90 Å². The van der Waals surface area contributed by atoms with Gasteiger partial charge in [-0.05, 0) is 18.6 Å². The molecule has 0 saturated carbocycles. The number of likely N-dealkylation sites (N-methyl/N-ethyl adjacent to an activating group) is 1. The standard InChI is InChI=1S/C12H14FN3O3/c1-16-3-2-9(11(16)17)15-10-5-7(13)6(12(18)19)4-8(10)14/h4-5,9,15H,2-3,14H2,1H3,(H,18,19). The number of halogens is 1. The monoisotopic (exact) mass is 267 g/mol. The zero-order chi connectivity index (χ0) is 14.2. The predicted molar refractivity (Wildman–Crippen MR) is 67.4 cm³/mol. The van der Waals surface area contributed by atoms with Gasteiger partial charge in [0.05, 0.1) is 16.9 Å². The Morgan fingerprint density at radius 3 is 2.79 bits per heavy atom. The van der Waals surface area contributed by atoms with Crippen molar-refractivity contribution >= 4 is 23.3 Å². The second-order valence-electron chi connectivity index (χ2n) is 4.47. The third-order valence-corrected chi connectivity index (χ3v) is 3.13. The van der Waals surface area contributed by atoms with Crippen molar-refractivity contribution < 1.29 is 19.1 Å². The van der Waals surface area contributed by atoms with E-state index in [9.17, 15) is 14.0 Å². The molecule has 1 aromatic carbocycles. The minimum absolute atomic E-state index is 0.0953. The second-order valence-corrected chi connectivity index (χ2v) is 4.47. The van der Waals surface area contributed by atoms with Crippen molar-refractivity contribution in [1.29, 1.82) is 0 Å². The smallest absolute Gasteiger partial charge is 0.338 e. The van der Waals surface area contributed by atoms with Crippen molar-refractivity contribution in [3.8, 4) is 0 Å². The molecule has 4 N–H and O–H groups in total. The fraction of sp³-hybridized carbons (Fsp3) is 0.333. The van der Waals surface area contributed by atoms with Crippen LogP contribution >= 0.6 is 0 Å². The highest BCUT2D eigenvalue weighted by Gasteiger charge is 2.29. The molecule has 1 saturated heterocycles. The minimum Gasteiger partial charge on any atom is -0.478 e. The number of anilines is 2. The summed E-state index contributed by atoms with van der Waals surface area (Å²) >= 11 is 0. The van der Waals surface area contributed by atoms with Crippen LogP contribution in [0.5, 0.6) is 0 Å². The zero-order valence-electron chi connectivity index (χ0n) is 10.3. The summed E-state index contributed by atoms with van der Waals surface area (Å²) in [6, 6.07) is 1.59. The van der Waals surface area contributed by atoms with Crippen LogP contribution in [0.3, 0.4) is 0 Å². The number of nitrogens with zero attached hydrogens (tertiary/aromatic N) is 1. The number of amides is 1. The first kappa shape index (κ1) is 13.1. The van der Waals surface area contributed by atoms with Gasteiger partial charge in [-0.15, -0.1) is 0 Å². The molecule has 1 heterocycles. The lowest BCUT2D eigenvalue weighted by molar-refractivity contribution is -0.127. The number of rotatable bonds is 3. The molecule has 1 aromatic rings. The Balaban J connectivity index is 2.24. The van der Waals surface area contributed by atoms with Crippen LogP contribution in [0.15, 0.2) is 12.1 Å². The quantitative estimate of drug-likeness (QED) is 0.702. The third kappa shape index (κ3) is 2.44. The number of benzene rings is 1. The van der Waals surface area contributed by atoms with Crippen LogP contribution in [0, 0.1) is 5.82 Å². The molecule has 1 aliphatic heterocycles. The van der Waals surface area contributed by atoms with E-state index < -0.39 is 23.4 Å². The van der Waals surface area contributed by atoms with E-state index >= 15 is 0 Å². The Bertz CT molecular complexity index is 547. The topological polar surface area (TPSA) is 95.7 Å². The van der Waals surface area contributed by atoms with Crippen LogP contribution < -0.4 is 11.1 Å². The Hall–Kier alpha value is -2.31. The molecule has 1 atom stereocenters. The van der Waals surface area contributed by atoms with Gasteiger partial charge in [0, 0.05) is 13.6 Å². The van der Waals surface area contributed by atoms with Crippen LogP contribution in [-0.4, -0.2) is 41.5 Å². The molecule has 0 aromatic heterocycles. The summed E-state index contributed by atoms with van der Waals surface area (Å²) in [6.45, 7) is 0.617. The molecule has 6 nitrogen and oxygen atoms in total. The lowest BCUT2D eigenvalue weighted by Gasteiger charge is -2.15. The van der Waals surface area contributed by atoms with Crippen LogP contribution in [0.2, 0.25) is 0 Å². The Morgan fingerprint density at radius 2 is 2.26 bits per heavy atom. The number of nitrogens with one attached hydrogen (secondary N) is 1. The minimum atomic E-state index is -1.38. The van der Waals surface area contributed by atoms with E-state index in [1.807, 2.05) is 0 Å².